The van der Waals surface area contributed by atoms with Crippen LogP contribution in [0.4, 0.5) is 0 Å². The number of amides is 1. The monoisotopic (exact) mass is 338 g/mol. The molecule has 5 nitrogen and oxygen atoms in total. The number of hydrogen-bond acceptors (Lipinski definition) is 4. The molecule has 1 N–H and O–H groups in total. The average molecular weight is 338 g/mol. The van der Waals surface area contributed by atoms with Gasteiger partial charge in [0.05, 0.1) is 5.69 Å². The number of carbonyl (C=O) groups is 1. The Morgan fingerprint density at radius 2 is 2.08 bits per heavy atom. The van der Waals surface area contributed by atoms with Crippen LogP contribution in [0.3, 0.4) is 0 Å². The van der Waals surface area contributed by atoms with Crippen molar-refractivity contribution in [3.8, 4) is 0 Å². The second kappa shape index (κ2) is 8.21. The van der Waals surface area contributed by atoms with Gasteiger partial charge >= 0.3 is 0 Å². The molecule has 5 heteroatoms. The Morgan fingerprint density at radius 1 is 1.28 bits per heavy atom. The first-order valence-electron chi connectivity index (χ1n) is 8.99. The van der Waals surface area contributed by atoms with Gasteiger partial charge in [-0.2, -0.15) is 0 Å². The Morgan fingerprint density at radius 3 is 2.84 bits per heavy atom. The van der Waals surface area contributed by atoms with Crippen LogP contribution in [-0.2, 0) is 6.54 Å². The maximum Gasteiger partial charge on any atom is 0.251 e. The molecule has 2 heterocycles. The number of nitrogens with one attached hydrogen (secondary N) is 1. The Labute approximate surface area is 149 Å². The normalized spacial score (nSPS) is 17.8. The number of likely N-dealkylation sites (tertiary alicyclic amines) is 1. The van der Waals surface area contributed by atoms with Crippen LogP contribution >= 0.6 is 0 Å². The molecule has 2 aromatic rings. The van der Waals surface area contributed by atoms with Crippen LogP contribution in [0.15, 0.2) is 42.6 Å². The van der Waals surface area contributed by atoms with Crippen molar-refractivity contribution in [1.29, 1.82) is 0 Å². The lowest BCUT2D eigenvalue weighted by molar-refractivity contribution is 0.0947. The molecule has 1 aliphatic rings. The zero-order valence-corrected chi connectivity index (χ0v) is 15.0. The highest BCUT2D eigenvalue weighted by Gasteiger charge is 2.23. The fourth-order valence-corrected chi connectivity index (χ4v) is 3.16. The van der Waals surface area contributed by atoms with E-state index in [0.717, 1.165) is 49.7 Å². The van der Waals surface area contributed by atoms with Gasteiger partial charge in [0.1, 0.15) is 5.82 Å². The minimum atomic E-state index is 0.0106. The summed E-state index contributed by atoms with van der Waals surface area (Å²) in [5.41, 5.74) is 1.80. The molecule has 1 aliphatic heterocycles. The van der Waals surface area contributed by atoms with Crippen LogP contribution in [0.5, 0.6) is 0 Å². The largest absolute Gasteiger partial charge is 0.352 e. The summed E-state index contributed by atoms with van der Waals surface area (Å²) in [6.45, 7) is 7.85. The minimum absolute atomic E-state index is 0.0106. The van der Waals surface area contributed by atoms with Crippen molar-refractivity contribution in [2.75, 3.05) is 19.6 Å². The molecule has 0 bridgehead atoms. The van der Waals surface area contributed by atoms with Gasteiger partial charge in [0.25, 0.3) is 5.91 Å². The Kier molecular flexibility index (Phi) is 5.76. The molecule has 1 saturated heterocycles. The fraction of sp³-hybridized carbons (Fsp3) is 0.450. The first-order chi connectivity index (χ1) is 12.1. The Bertz CT molecular complexity index is 702. The summed E-state index contributed by atoms with van der Waals surface area (Å²) in [6, 6.07) is 11.4. The maximum atomic E-state index is 12.1. The van der Waals surface area contributed by atoms with Gasteiger partial charge < -0.3 is 5.32 Å². The highest BCUT2D eigenvalue weighted by Crippen LogP contribution is 2.18. The summed E-state index contributed by atoms with van der Waals surface area (Å²) in [4.78, 5) is 23.5. The van der Waals surface area contributed by atoms with E-state index in [1.165, 1.54) is 0 Å². The zero-order chi connectivity index (χ0) is 17.6. The predicted octanol–water partition coefficient (Wildman–Crippen LogP) is 2.85. The molecule has 1 aromatic carbocycles. The Hall–Kier alpha value is -2.27. The summed E-state index contributed by atoms with van der Waals surface area (Å²) in [7, 11) is 0. The van der Waals surface area contributed by atoms with Crippen molar-refractivity contribution >= 4 is 5.91 Å². The van der Waals surface area contributed by atoms with E-state index < -0.39 is 0 Å². The number of nitrogens with zero attached hydrogens (tertiary/aromatic N) is 3. The van der Waals surface area contributed by atoms with Crippen molar-refractivity contribution in [3.63, 3.8) is 0 Å². The average Bonchev–Trinajstić information content (AvgIpc) is 3.08. The number of hydrogen-bond donors (Lipinski definition) is 1. The molecular formula is C20H26N4O. The summed E-state index contributed by atoms with van der Waals surface area (Å²) in [5, 5.41) is 3.06. The molecule has 0 radical (unpaired) electrons. The predicted molar refractivity (Wildman–Crippen MR) is 98.3 cm³/mol. The maximum absolute atomic E-state index is 12.1. The lowest BCUT2D eigenvalue weighted by Gasteiger charge is -2.16. The van der Waals surface area contributed by atoms with E-state index in [2.05, 4.69) is 34.0 Å². The molecule has 1 aromatic heterocycles. The van der Waals surface area contributed by atoms with Gasteiger partial charge in [-0.1, -0.05) is 32.0 Å². The quantitative estimate of drug-likeness (QED) is 0.880. The van der Waals surface area contributed by atoms with E-state index in [-0.39, 0.29) is 5.91 Å². The first kappa shape index (κ1) is 17.5. The molecule has 0 spiro atoms. The summed E-state index contributed by atoms with van der Waals surface area (Å²) in [5.74, 6) is 1.76. The molecular weight excluding hydrogens is 312 g/mol. The molecule has 0 aliphatic carbocycles. The topological polar surface area (TPSA) is 58.1 Å². The van der Waals surface area contributed by atoms with Gasteiger partial charge in [0, 0.05) is 37.3 Å². The van der Waals surface area contributed by atoms with E-state index in [0.29, 0.717) is 11.8 Å². The third kappa shape index (κ3) is 4.86. The van der Waals surface area contributed by atoms with Gasteiger partial charge in [0.2, 0.25) is 0 Å². The number of rotatable bonds is 6. The van der Waals surface area contributed by atoms with Crippen LogP contribution < -0.4 is 5.32 Å². The van der Waals surface area contributed by atoms with Gasteiger partial charge in [-0.15, -0.1) is 0 Å². The number of benzene rings is 1. The number of aromatic nitrogens is 2. The molecule has 3 rings (SSSR count). The van der Waals surface area contributed by atoms with Gasteiger partial charge in [-0.3, -0.25) is 9.69 Å². The van der Waals surface area contributed by atoms with Gasteiger partial charge in [-0.05, 0) is 37.1 Å². The van der Waals surface area contributed by atoms with Gasteiger partial charge in [0.15, 0.2) is 0 Å². The first-order valence-corrected chi connectivity index (χ1v) is 8.99. The molecule has 0 saturated carbocycles. The fourth-order valence-electron chi connectivity index (χ4n) is 3.16. The van der Waals surface area contributed by atoms with E-state index in [4.69, 9.17) is 0 Å². The lowest BCUT2D eigenvalue weighted by Crippen LogP contribution is -2.31. The smallest absolute Gasteiger partial charge is 0.251 e. The van der Waals surface area contributed by atoms with Crippen LogP contribution in [0.1, 0.15) is 48.1 Å². The molecule has 1 amide bonds. The Balaban J connectivity index is 1.47. The minimum Gasteiger partial charge on any atom is -0.352 e. The van der Waals surface area contributed by atoms with Gasteiger partial charge in [-0.25, -0.2) is 9.97 Å². The second-order valence-corrected chi connectivity index (χ2v) is 7.03. The molecule has 25 heavy (non-hydrogen) atoms. The summed E-state index contributed by atoms with van der Waals surface area (Å²) >= 11 is 0. The van der Waals surface area contributed by atoms with E-state index in [1.54, 1.807) is 0 Å². The number of carbonyl (C=O) groups excluding carboxylic acids is 1. The molecule has 0 unspecified atom stereocenters. The highest BCUT2D eigenvalue weighted by atomic mass is 16.1. The van der Waals surface area contributed by atoms with Crippen molar-refractivity contribution in [3.05, 3.63) is 59.7 Å². The van der Waals surface area contributed by atoms with Crippen molar-refractivity contribution in [1.82, 2.24) is 20.2 Å². The molecule has 132 valence electrons. The summed E-state index contributed by atoms with van der Waals surface area (Å²) < 4.78 is 0. The second-order valence-electron chi connectivity index (χ2n) is 7.03. The highest BCUT2D eigenvalue weighted by molar-refractivity contribution is 5.94. The van der Waals surface area contributed by atoms with Crippen molar-refractivity contribution in [2.45, 2.75) is 32.7 Å². The van der Waals surface area contributed by atoms with E-state index in [9.17, 15) is 4.79 Å². The SMILES string of the molecule is CC(C)c1nccc(CN2CC[C@@H](CNC(=O)c3ccccc3)C2)n1. The molecule has 1 fully saturated rings. The van der Waals surface area contributed by atoms with E-state index >= 15 is 0 Å². The lowest BCUT2D eigenvalue weighted by atomic mass is 10.1. The van der Waals surface area contributed by atoms with Crippen molar-refractivity contribution < 1.29 is 4.79 Å². The van der Waals surface area contributed by atoms with Crippen LogP contribution in [-0.4, -0.2) is 40.4 Å². The van der Waals surface area contributed by atoms with Crippen LogP contribution in [0.2, 0.25) is 0 Å². The van der Waals surface area contributed by atoms with Crippen LogP contribution in [0.25, 0.3) is 0 Å². The van der Waals surface area contributed by atoms with Crippen molar-refractivity contribution in [2.24, 2.45) is 5.92 Å². The standard InChI is InChI=1S/C20H26N4O/c1-15(2)19-21-10-8-18(23-19)14-24-11-9-16(13-24)12-22-20(25)17-6-4-3-5-7-17/h3-8,10,15-16H,9,11-14H2,1-2H3,(H,22,25)/t16-/m0/s1. The summed E-state index contributed by atoms with van der Waals surface area (Å²) in [6.07, 6.45) is 2.96. The van der Waals surface area contributed by atoms with Crippen LogP contribution in [0, 0.1) is 5.92 Å². The third-order valence-corrected chi connectivity index (χ3v) is 4.59. The third-order valence-electron chi connectivity index (χ3n) is 4.59. The van der Waals surface area contributed by atoms with E-state index in [1.807, 2.05) is 42.6 Å². The zero-order valence-electron chi connectivity index (χ0n) is 15.0. The molecule has 1 atom stereocenters.